The zero-order chi connectivity index (χ0) is 17.6. The molecule has 134 valence electrons. The quantitative estimate of drug-likeness (QED) is 0.753. The monoisotopic (exact) mass is 344 g/mol. The van der Waals surface area contributed by atoms with Gasteiger partial charge in [-0.1, -0.05) is 30.3 Å². The molecular formula is C18H24N4O3. The molecule has 1 atom stereocenters. The van der Waals surface area contributed by atoms with E-state index in [1.165, 1.54) is 0 Å². The summed E-state index contributed by atoms with van der Waals surface area (Å²) < 4.78 is 0. The number of piperidine rings is 1. The zero-order valence-corrected chi connectivity index (χ0v) is 14.2. The first-order valence-corrected chi connectivity index (χ1v) is 8.78. The van der Waals surface area contributed by atoms with Gasteiger partial charge in [-0.05, 0) is 24.8 Å². The zero-order valence-electron chi connectivity index (χ0n) is 14.2. The number of hydrogen-bond donors (Lipinski definition) is 3. The van der Waals surface area contributed by atoms with Gasteiger partial charge in [0.2, 0.25) is 11.8 Å². The van der Waals surface area contributed by atoms with Crippen LogP contribution in [0.5, 0.6) is 0 Å². The van der Waals surface area contributed by atoms with Crippen LogP contribution in [0.15, 0.2) is 30.3 Å². The molecule has 0 radical (unpaired) electrons. The van der Waals surface area contributed by atoms with Gasteiger partial charge >= 0.3 is 6.03 Å². The summed E-state index contributed by atoms with van der Waals surface area (Å²) in [4.78, 5) is 37.3. The standard InChI is InChI=1S/C18H24N4O3/c23-16-7-6-15(21-16)17(24)20-14-8-10-22(11-9-14)18(25)19-12-13-4-2-1-3-5-13/h1-5,14-15H,6-12H2,(H,19,25)(H,20,24)(H,21,23). The topological polar surface area (TPSA) is 90.5 Å². The summed E-state index contributed by atoms with van der Waals surface area (Å²) in [6.07, 6.45) is 2.43. The molecular weight excluding hydrogens is 320 g/mol. The Kier molecular flexibility index (Phi) is 5.53. The van der Waals surface area contributed by atoms with E-state index in [0.29, 0.717) is 32.5 Å². The van der Waals surface area contributed by atoms with Crippen LogP contribution in [-0.2, 0) is 16.1 Å². The summed E-state index contributed by atoms with van der Waals surface area (Å²) >= 11 is 0. The number of nitrogens with zero attached hydrogens (tertiary/aromatic N) is 1. The Morgan fingerprint density at radius 3 is 2.48 bits per heavy atom. The lowest BCUT2D eigenvalue weighted by atomic mass is 10.0. The van der Waals surface area contributed by atoms with Crippen LogP contribution in [-0.4, -0.2) is 47.9 Å². The highest BCUT2D eigenvalue weighted by Gasteiger charge is 2.30. The molecule has 0 bridgehead atoms. The second-order valence-corrected chi connectivity index (χ2v) is 6.57. The first kappa shape index (κ1) is 17.3. The molecule has 0 spiro atoms. The van der Waals surface area contributed by atoms with E-state index in [2.05, 4.69) is 16.0 Å². The Morgan fingerprint density at radius 2 is 1.84 bits per heavy atom. The van der Waals surface area contributed by atoms with E-state index >= 15 is 0 Å². The Morgan fingerprint density at radius 1 is 1.12 bits per heavy atom. The van der Waals surface area contributed by atoms with Gasteiger partial charge in [0.05, 0.1) is 0 Å². The van der Waals surface area contributed by atoms with Gasteiger partial charge in [0.15, 0.2) is 0 Å². The van der Waals surface area contributed by atoms with Crippen molar-refractivity contribution < 1.29 is 14.4 Å². The number of urea groups is 1. The van der Waals surface area contributed by atoms with E-state index in [4.69, 9.17) is 0 Å². The maximum atomic E-state index is 12.2. The Labute approximate surface area is 147 Å². The molecule has 1 aromatic carbocycles. The van der Waals surface area contributed by atoms with Crippen LogP contribution in [0.2, 0.25) is 0 Å². The Bertz CT molecular complexity index is 626. The summed E-state index contributed by atoms with van der Waals surface area (Å²) in [7, 11) is 0. The highest BCUT2D eigenvalue weighted by molar-refractivity contribution is 5.90. The molecule has 2 saturated heterocycles. The van der Waals surface area contributed by atoms with Crippen molar-refractivity contribution in [2.45, 2.75) is 44.3 Å². The number of nitrogens with one attached hydrogen (secondary N) is 3. The van der Waals surface area contributed by atoms with E-state index in [1.54, 1.807) is 4.90 Å². The molecule has 3 rings (SSSR count). The molecule has 0 saturated carbocycles. The second-order valence-electron chi connectivity index (χ2n) is 6.57. The number of carbonyl (C=O) groups is 3. The van der Waals surface area contributed by atoms with Crippen molar-refractivity contribution in [1.82, 2.24) is 20.9 Å². The van der Waals surface area contributed by atoms with Gasteiger partial charge in [-0.2, -0.15) is 0 Å². The SMILES string of the molecule is O=C1CCC(C(=O)NC2CCN(C(=O)NCc3ccccc3)CC2)N1. The van der Waals surface area contributed by atoms with Crippen molar-refractivity contribution in [2.24, 2.45) is 0 Å². The molecule has 7 heteroatoms. The van der Waals surface area contributed by atoms with E-state index in [9.17, 15) is 14.4 Å². The molecule has 2 aliphatic heterocycles. The van der Waals surface area contributed by atoms with Crippen LogP contribution in [0.1, 0.15) is 31.2 Å². The van der Waals surface area contributed by atoms with Gasteiger partial charge in [0, 0.05) is 32.1 Å². The van der Waals surface area contributed by atoms with Crippen molar-refractivity contribution in [3.8, 4) is 0 Å². The third-order valence-electron chi connectivity index (χ3n) is 4.73. The van der Waals surface area contributed by atoms with Crippen LogP contribution < -0.4 is 16.0 Å². The Hall–Kier alpha value is -2.57. The van der Waals surface area contributed by atoms with Crippen molar-refractivity contribution in [3.05, 3.63) is 35.9 Å². The van der Waals surface area contributed by atoms with Gasteiger partial charge in [-0.15, -0.1) is 0 Å². The number of rotatable bonds is 4. The fraction of sp³-hybridized carbons (Fsp3) is 0.500. The maximum absolute atomic E-state index is 12.2. The summed E-state index contributed by atoms with van der Waals surface area (Å²) in [6.45, 7) is 1.74. The van der Waals surface area contributed by atoms with E-state index in [-0.39, 0.29) is 23.9 Å². The predicted octanol–water partition coefficient (Wildman–Crippen LogP) is 0.755. The molecule has 0 aromatic heterocycles. The van der Waals surface area contributed by atoms with Gasteiger partial charge in [0.1, 0.15) is 6.04 Å². The van der Waals surface area contributed by atoms with Crippen molar-refractivity contribution in [1.29, 1.82) is 0 Å². The van der Waals surface area contributed by atoms with Crippen LogP contribution in [0, 0.1) is 0 Å². The highest BCUT2D eigenvalue weighted by atomic mass is 16.2. The lowest BCUT2D eigenvalue weighted by molar-refractivity contribution is -0.126. The number of hydrogen-bond acceptors (Lipinski definition) is 3. The number of carbonyl (C=O) groups excluding carboxylic acids is 3. The van der Waals surface area contributed by atoms with E-state index in [0.717, 1.165) is 18.4 Å². The van der Waals surface area contributed by atoms with Crippen LogP contribution in [0.25, 0.3) is 0 Å². The van der Waals surface area contributed by atoms with Gasteiger partial charge in [-0.25, -0.2) is 4.79 Å². The smallest absolute Gasteiger partial charge is 0.317 e. The minimum atomic E-state index is -0.403. The molecule has 7 nitrogen and oxygen atoms in total. The predicted molar refractivity (Wildman–Crippen MR) is 92.6 cm³/mol. The van der Waals surface area contributed by atoms with Crippen molar-refractivity contribution in [2.75, 3.05) is 13.1 Å². The second kappa shape index (κ2) is 8.00. The normalized spacial score (nSPS) is 20.9. The maximum Gasteiger partial charge on any atom is 0.317 e. The molecule has 2 aliphatic rings. The minimum absolute atomic E-state index is 0.0585. The van der Waals surface area contributed by atoms with Crippen molar-refractivity contribution in [3.63, 3.8) is 0 Å². The van der Waals surface area contributed by atoms with Crippen LogP contribution in [0.4, 0.5) is 4.79 Å². The molecule has 1 unspecified atom stereocenters. The lowest BCUT2D eigenvalue weighted by Gasteiger charge is -2.32. The Balaban J connectivity index is 1.38. The number of amides is 4. The molecule has 3 N–H and O–H groups in total. The third kappa shape index (κ3) is 4.71. The molecule has 0 aliphatic carbocycles. The molecule has 4 amide bonds. The first-order valence-electron chi connectivity index (χ1n) is 8.78. The van der Waals surface area contributed by atoms with Crippen molar-refractivity contribution >= 4 is 17.8 Å². The lowest BCUT2D eigenvalue weighted by Crippen LogP contribution is -2.52. The summed E-state index contributed by atoms with van der Waals surface area (Å²) in [6, 6.07) is 9.37. The van der Waals surface area contributed by atoms with Crippen LogP contribution >= 0.6 is 0 Å². The first-order chi connectivity index (χ1) is 12.1. The minimum Gasteiger partial charge on any atom is -0.351 e. The molecule has 1 aromatic rings. The number of likely N-dealkylation sites (tertiary alicyclic amines) is 1. The van der Waals surface area contributed by atoms with Gasteiger partial charge < -0.3 is 20.9 Å². The van der Waals surface area contributed by atoms with Crippen LogP contribution in [0.3, 0.4) is 0 Å². The molecule has 25 heavy (non-hydrogen) atoms. The molecule has 2 heterocycles. The average Bonchev–Trinajstić information content (AvgIpc) is 3.08. The fourth-order valence-corrected chi connectivity index (χ4v) is 3.22. The summed E-state index contributed by atoms with van der Waals surface area (Å²) in [5.74, 6) is -0.178. The number of benzene rings is 1. The molecule has 2 fully saturated rings. The van der Waals surface area contributed by atoms with Gasteiger partial charge in [0.25, 0.3) is 0 Å². The average molecular weight is 344 g/mol. The summed E-state index contributed by atoms with van der Waals surface area (Å²) in [5.41, 5.74) is 1.07. The third-order valence-corrected chi connectivity index (χ3v) is 4.73. The summed E-state index contributed by atoms with van der Waals surface area (Å²) in [5, 5.41) is 8.59. The van der Waals surface area contributed by atoms with E-state index in [1.807, 2.05) is 30.3 Å². The van der Waals surface area contributed by atoms with E-state index < -0.39 is 6.04 Å². The fourth-order valence-electron chi connectivity index (χ4n) is 3.22. The van der Waals surface area contributed by atoms with Gasteiger partial charge in [-0.3, -0.25) is 9.59 Å². The largest absolute Gasteiger partial charge is 0.351 e. The highest BCUT2D eigenvalue weighted by Crippen LogP contribution is 2.13.